The molecule has 0 aromatic heterocycles. The molecule has 1 spiro atoms. The number of phenols is 1. The largest absolute Gasteiger partial charge is 0.508 e. The molecule has 0 saturated heterocycles. The third kappa shape index (κ3) is 2.08. The molecule has 0 radical (unpaired) electrons. The van der Waals surface area contributed by atoms with Crippen LogP contribution in [-0.2, 0) is 14.6 Å². The lowest BCUT2D eigenvalue weighted by molar-refractivity contribution is -0.126. The second-order valence-electron chi connectivity index (χ2n) is 5.73. The van der Waals surface area contributed by atoms with Crippen molar-refractivity contribution in [3.63, 3.8) is 0 Å². The maximum atomic E-state index is 12.6. The van der Waals surface area contributed by atoms with Crippen molar-refractivity contribution >= 4 is 21.4 Å². The third-order valence-electron chi connectivity index (χ3n) is 4.31. The van der Waals surface area contributed by atoms with Crippen LogP contribution in [0, 0.1) is 5.41 Å². The Morgan fingerprint density at radius 3 is 2.55 bits per heavy atom. The molecule has 0 bridgehead atoms. The van der Waals surface area contributed by atoms with Gasteiger partial charge in [-0.15, -0.1) is 0 Å². The zero-order valence-electron chi connectivity index (χ0n) is 11.1. The van der Waals surface area contributed by atoms with Crippen molar-refractivity contribution in [3.8, 4) is 5.75 Å². The second-order valence-corrected chi connectivity index (χ2v) is 7.69. The van der Waals surface area contributed by atoms with Crippen molar-refractivity contribution in [1.82, 2.24) is 0 Å². The molecule has 2 aliphatic rings. The number of fused-ring (bicyclic) bond motifs is 1. The summed E-state index contributed by atoms with van der Waals surface area (Å²) in [4.78, 5) is 12.5. The monoisotopic (exact) mass is 295 g/mol. The van der Waals surface area contributed by atoms with Crippen LogP contribution >= 0.6 is 0 Å². The van der Waals surface area contributed by atoms with Gasteiger partial charge in [-0.25, -0.2) is 8.42 Å². The summed E-state index contributed by atoms with van der Waals surface area (Å²) in [6, 6.07) is 4.04. The molecule has 1 aromatic rings. The number of anilines is 1. The summed E-state index contributed by atoms with van der Waals surface area (Å²) in [5, 5.41) is 12.2. The summed E-state index contributed by atoms with van der Waals surface area (Å²) in [7, 11) is -3.59. The Bertz CT molecular complexity index is 660. The quantitative estimate of drug-likeness (QED) is 0.718. The van der Waals surface area contributed by atoms with Crippen molar-refractivity contribution in [2.75, 3.05) is 11.1 Å². The zero-order valence-corrected chi connectivity index (χ0v) is 11.9. The van der Waals surface area contributed by atoms with E-state index in [-0.39, 0.29) is 28.0 Å². The van der Waals surface area contributed by atoms with E-state index in [1.54, 1.807) is 0 Å². The van der Waals surface area contributed by atoms with E-state index < -0.39 is 15.3 Å². The standard InChI is InChI=1S/C14H17NO4S/c16-10-4-5-11-12(8-10)20(18,19)9-14(13(17)15-11)6-2-1-3-7-14/h4-5,8,16H,1-3,6-7,9H2,(H,15,17). The minimum atomic E-state index is -3.59. The summed E-state index contributed by atoms with van der Waals surface area (Å²) < 4.78 is 25.1. The SMILES string of the molecule is O=C1Nc2ccc(O)cc2S(=O)(=O)CC12CCCCC2. The summed E-state index contributed by atoms with van der Waals surface area (Å²) in [6.07, 6.45) is 4.02. The Morgan fingerprint density at radius 2 is 1.85 bits per heavy atom. The lowest BCUT2D eigenvalue weighted by atomic mass is 9.75. The summed E-state index contributed by atoms with van der Waals surface area (Å²) in [6.45, 7) is 0. The van der Waals surface area contributed by atoms with E-state index in [0.717, 1.165) is 19.3 Å². The molecule has 1 amide bonds. The van der Waals surface area contributed by atoms with Gasteiger partial charge in [0.05, 0.1) is 21.8 Å². The maximum Gasteiger partial charge on any atom is 0.231 e. The predicted octanol–water partition coefficient (Wildman–Crippen LogP) is 2.07. The summed E-state index contributed by atoms with van der Waals surface area (Å²) >= 11 is 0. The molecule has 1 heterocycles. The molecule has 0 unspecified atom stereocenters. The van der Waals surface area contributed by atoms with Crippen LogP contribution in [0.4, 0.5) is 5.69 Å². The van der Waals surface area contributed by atoms with Crippen LogP contribution in [0.3, 0.4) is 0 Å². The van der Waals surface area contributed by atoms with Crippen LogP contribution in [0.15, 0.2) is 23.1 Å². The number of phenolic OH excluding ortho intramolecular Hbond substituents is 1. The smallest absolute Gasteiger partial charge is 0.231 e. The summed E-state index contributed by atoms with van der Waals surface area (Å²) in [5.41, 5.74) is -0.540. The van der Waals surface area contributed by atoms with Crippen molar-refractivity contribution in [2.45, 2.75) is 37.0 Å². The highest BCUT2D eigenvalue weighted by molar-refractivity contribution is 7.91. The number of hydrogen-bond acceptors (Lipinski definition) is 4. The predicted molar refractivity (Wildman–Crippen MR) is 74.3 cm³/mol. The van der Waals surface area contributed by atoms with Gasteiger partial charge >= 0.3 is 0 Å². The van der Waals surface area contributed by atoms with Crippen molar-refractivity contribution in [1.29, 1.82) is 0 Å². The number of carbonyl (C=O) groups is 1. The van der Waals surface area contributed by atoms with Crippen LogP contribution in [0.5, 0.6) is 5.75 Å². The lowest BCUT2D eigenvalue weighted by Gasteiger charge is -2.33. The average molecular weight is 295 g/mol. The topological polar surface area (TPSA) is 83.5 Å². The van der Waals surface area contributed by atoms with Crippen molar-refractivity contribution < 1.29 is 18.3 Å². The number of benzene rings is 1. The Hall–Kier alpha value is -1.56. The zero-order chi connectivity index (χ0) is 14.4. The van der Waals surface area contributed by atoms with Gasteiger partial charge in [0.25, 0.3) is 0 Å². The molecule has 20 heavy (non-hydrogen) atoms. The first-order valence-electron chi connectivity index (χ1n) is 6.80. The van der Waals surface area contributed by atoms with Gasteiger partial charge in [-0.2, -0.15) is 0 Å². The first-order chi connectivity index (χ1) is 9.43. The molecule has 0 atom stereocenters. The van der Waals surface area contributed by atoms with E-state index in [2.05, 4.69) is 5.32 Å². The molecule has 6 heteroatoms. The lowest BCUT2D eigenvalue weighted by Crippen LogP contribution is -2.41. The van der Waals surface area contributed by atoms with Gasteiger partial charge in [-0.1, -0.05) is 19.3 Å². The Morgan fingerprint density at radius 1 is 1.15 bits per heavy atom. The van der Waals surface area contributed by atoms with Gasteiger partial charge < -0.3 is 10.4 Å². The summed E-state index contributed by atoms with van der Waals surface area (Å²) in [5.74, 6) is -0.478. The van der Waals surface area contributed by atoms with Crippen LogP contribution < -0.4 is 5.32 Å². The maximum absolute atomic E-state index is 12.6. The minimum absolute atomic E-state index is 0.0216. The van der Waals surface area contributed by atoms with Crippen LogP contribution in [0.2, 0.25) is 0 Å². The van der Waals surface area contributed by atoms with Gasteiger partial charge in [0.2, 0.25) is 5.91 Å². The van der Waals surface area contributed by atoms with Crippen LogP contribution in [0.25, 0.3) is 0 Å². The van der Waals surface area contributed by atoms with E-state index in [0.29, 0.717) is 12.8 Å². The normalized spacial score (nSPS) is 23.7. The van der Waals surface area contributed by atoms with Gasteiger partial charge in [-0.3, -0.25) is 4.79 Å². The van der Waals surface area contributed by atoms with E-state index in [1.165, 1.54) is 18.2 Å². The molecular weight excluding hydrogens is 278 g/mol. The van der Waals surface area contributed by atoms with Gasteiger partial charge in [0.1, 0.15) is 5.75 Å². The average Bonchev–Trinajstić information content (AvgIpc) is 2.47. The molecule has 5 nitrogen and oxygen atoms in total. The fourth-order valence-electron chi connectivity index (χ4n) is 3.23. The van der Waals surface area contributed by atoms with E-state index in [9.17, 15) is 18.3 Å². The highest BCUT2D eigenvalue weighted by atomic mass is 32.2. The molecule has 1 aliphatic carbocycles. The Balaban J connectivity index is 2.12. The van der Waals surface area contributed by atoms with Crippen molar-refractivity contribution in [2.24, 2.45) is 5.41 Å². The van der Waals surface area contributed by atoms with Gasteiger partial charge in [-0.05, 0) is 25.0 Å². The van der Waals surface area contributed by atoms with Gasteiger partial charge in [0, 0.05) is 6.07 Å². The minimum Gasteiger partial charge on any atom is -0.508 e. The Labute approximate surface area is 117 Å². The fourth-order valence-corrected chi connectivity index (χ4v) is 5.29. The highest BCUT2D eigenvalue weighted by Crippen LogP contribution is 2.43. The number of nitrogens with one attached hydrogen (secondary N) is 1. The van der Waals surface area contributed by atoms with Crippen LogP contribution in [-0.4, -0.2) is 25.2 Å². The van der Waals surface area contributed by atoms with Crippen molar-refractivity contribution in [3.05, 3.63) is 18.2 Å². The molecule has 1 aliphatic heterocycles. The molecule has 108 valence electrons. The number of rotatable bonds is 0. The molecule has 3 rings (SSSR count). The second kappa shape index (κ2) is 4.48. The van der Waals surface area contributed by atoms with Gasteiger partial charge in [0.15, 0.2) is 9.84 Å². The number of amides is 1. The first-order valence-corrected chi connectivity index (χ1v) is 8.45. The Kier molecular flexibility index (Phi) is 3.01. The molecule has 2 N–H and O–H groups in total. The third-order valence-corrected chi connectivity index (χ3v) is 6.25. The highest BCUT2D eigenvalue weighted by Gasteiger charge is 2.46. The number of aromatic hydroxyl groups is 1. The van der Waals surface area contributed by atoms with Crippen LogP contribution in [0.1, 0.15) is 32.1 Å². The molecule has 1 aromatic carbocycles. The number of hydrogen-bond donors (Lipinski definition) is 2. The fraction of sp³-hybridized carbons (Fsp3) is 0.500. The van der Waals surface area contributed by atoms with E-state index >= 15 is 0 Å². The van der Waals surface area contributed by atoms with E-state index in [4.69, 9.17) is 0 Å². The van der Waals surface area contributed by atoms with E-state index in [1.807, 2.05) is 0 Å². The molecular formula is C14H17NO4S. The number of carbonyl (C=O) groups excluding carboxylic acids is 1. The first kappa shape index (κ1) is 13.4. The number of sulfone groups is 1. The molecule has 1 fully saturated rings. The molecule has 1 saturated carbocycles.